The van der Waals surface area contributed by atoms with Crippen LogP contribution in [0.4, 0.5) is 17.6 Å². The summed E-state index contributed by atoms with van der Waals surface area (Å²) in [7, 11) is 1.07. The van der Waals surface area contributed by atoms with Gasteiger partial charge in [0.2, 0.25) is 0 Å². The van der Waals surface area contributed by atoms with Crippen molar-refractivity contribution in [3.05, 3.63) is 0 Å². The smallest absolute Gasteiger partial charge is 0.340 e. The average Bonchev–Trinajstić information content (AvgIpc) is 2.12. The molecule has 0 aliphatic rings. The number of hydrogen-bond donors (Lipinski definition) is 0. The van der Waals surface area contributed by atoms with Crippen LogP contribution in [0.15, 0.2) is 0 Å². The molecule has 0 aliphatic carbocycles. The van der Waals surface area contributed by atoms with Gasteiger partial charge in [-0.3, -0.25) is 4.79 Å². The molecule has 84 valence electrons. The Morgan fingerprint density at radius 2 is 2.00 bits per heavy atom. The lowest BCUT2D eigenvalue weighted by molar-refractivity contribution is -0.179. The van der Waals surface area contributed by atoms with E-state index in [2.05, 4.69) is 15.9 Å². The van der Waals surface area contributed by atoms with Gasteiger partial charge in [0.15, 0.2) is 0 Å². The first kappa shape index (κ1) is 13.7. The number of carbonyl (C=O) groups is 1. The van der Waals surface area contributed by atoms with Gasteiger partial charge >= 0.3 is 12.3 Å². The molecule has 0 N–H and O–H groups in total. The second-order valence-electron chi connectivity index (χ2n) is 2.69. The van der Waals surface area contributed by atoms with Crippen LogP contribution in [0.5, 0.6) is 0 Å². The van der Waals surface area contributed by atoms with Gasteiger partial charge in [-0.25, -0.2) is 8.78 Å². The van der Waals surface area contributed by atoms with E-state index in [4.69, 9.17) is 0 Å². The summed E-state index contributed by atoms with van der Waals surface area (Å²) >= 11 is 3.03. The Morgan fingerprint density at radius 1 is 1.50 bits per heavy atom. The normalized spacial score (nSPS) is 11.9. The van der Waals surface area contributed by atoms with Gasteiger partial charge in [0.05, 0.1) is 0 Å². The molecule has 0 radical (unpaired) electrons. The minimum Gasteiger partial charge on any atom is -0.340 e. The van der Waals surface area contributed by atoms with Crippen LogP contribution < -0.4 is 0 Å². The van der Waals surface area contributed by atoms with E-state index in [1.165, 1.54) is 0 Å². The molecule has 0 fully saturated rings. The first-order valence-corrected chi connectivity index (χ1v) is 4.93. The van der Waals surface area contributed by atoms with Gasteiger partial charge in [-0.2, -0.15) is 8.78 Å². The van der Waals surface area contributed by atoms with Crippen LogP contribution in [-0.2, 0) is 4.79 Å². The van der Waals surface area contributed by atoms with Crippen LogP contribution in [0.3, 0.4) is 0 Å². The van der Waals surface area contributed by atoms with Crippen LogP contribution in [0.2, 0.25) is 0 Å². The molecule has 0 aromatic carbocycles. The second kappa shape index (κ2) is 5.53. The Balaban J connectivity index is 4.30. The Hall–Kier alpha value is -0.330. The maximum atomic E-state index is 12.5. The zero-order valence-corrected chi connectivity index (χ0v) is 9.03. The van der Waals surface area contributed by atoms with Crippen LogP contribution >= 0.6 is 15.9 Å². The maximum Gasteiger partial charge on any atom is 0.383 e. The van der Waals surface area contributed by atoms with Gasteiger partial charge in [0.1, 0.15) is 0 Å². The van der Waals surface area contributed by atoms with Crippen molar-refractivity contribution in [2.24, 2.45) is 0 Å². The molecule has 1 amide bonds. The molecule has 0 spiro atoms. The van der Waals surface area contributed by atoms with Gasteiger partial charge < -0.3 is 4.90 Å². The van der Waals surface area contributed by atoms with E-state index in [1.807, 2.05) is 0 Å². The van der Waals surface area contributed by atoms with Gasteiger partial charge in [-0.1, -0.05) is 15.9 Å². The molecule has 7 heteroatoms. The molecular formula is C7H10BrF4NO. The van der Waals surface area contributed by atoms with Gasteiger partial charge in [0, 0.05) is 18.9 Å². The third-order valence-corrected chi connectivity index (χ3v) is 2.09. The average molecular weight is 280 g/mol. The van der Waals surface area contributed by atoms with Crippen LogP contribution in [0.25, 0.3) is 0 Å². The summed E-state index contributed by atoms with van der Waals surface area (Å²) in [6.45, 7) is 0.0202. The van der Waals surface area contributed by atoms with Crippen molar-refractivity contribution in [1.29, 1.82) is 0 Å². The summed E-state index contributed by atoms with van der Waals surface area (Å²) in [6, 6.07) is 0. The first-order chi connectivity index (χ1) is 6.34. The monoisotopic (exact) mass is 279 g/mol. The quantitative estimate of drug-likeness (QED) is 0.558. The van der Waals surface area contributed by atoms with Crippen molar-refractivity contribution in [1.82, 2.24) is 4.90 Å². The lowest BCUT2D eigenvalue weighted by atomic mass is 10.3. The number of amides is 1. The molecule has 0 saturated carbocycles. The SMILES string of the molecule is CN(CCCBr)C(=O)C(F)(F)C(F)F. The topological polar surface area (TPSA) is 20.3 Å². The fourth-order valence-corrected chi connectivity index (χ4v) is 0.997. The summed E-state index contributed by atoms with van der Waals surface area (Å²) in [5.41, 5.74) is 0. The van der Waals surface area contributed by atoms with Gasteiger partial charge in [-0.05, 0) is 6.42 Å². The number of halogens is 5. The molecule has 0 aromatic rings. The van der Waals surface area contributed by atoms with Crippen molar-refractivity contribution >= 4 is 21.8 Å². The van der Waals surface area contributed by atoms with Crippen LogP contribution in [0, 0.1) is 0 Å². The number of carbonyl (C=O) groups excluding carboxylic acids is 1. The third kappa shape index (κ3) is 3.43. The van der Waals surface area contributed by atoms with E-state index in [9.17, 15) is 22.4 Å². The van der Waals surface area contributed by atoms with E-state index < -0.39 is 18.3 Å². The fraction of sp³-hybridized carbons (Fsp3) is 0.857. The molecule has 0 heterocycles. The molecule has 0 aromatic heterocycles. The van der Waals surface area contributed by atoms with E-state index >= 15 is 0 Å². The molecule has 0 rings (SSSR count). The molecule has 14 heavy (non-hydrogen) atoms. The molecule has 0 unspecified atom stereocenters. The largest absolute Gasteiger partial charge is 0.383 e. The Morgan fingerprint density at radius 3 is 2.36 bits per heavy atom. The molecule has 0 atom stereocenters. The highest BCUT2D eigenvalue weighted by Crippen LogP contribution is 2.24. The zero-order valence-electron chi connectivity index (χ0n) is 7.44. The van der Waals surface area contributed by atoms with Crippen LogP contribution in [-0.4, -0.2) is 42.1 Å². The molecule has 0 bridgehead atoms. The Labute approximate surface area is 87.4 Å². The fourth-order valence-electron chi connectivity index (χ4n) is 0.746. The molecule has 0 saturated heterocycles. The Bertz CT molecular complexity index is 200. The summed E-state index contributed by atoms with van der Waals surface area (Å²) in [6.07, 6.45) is -3.52. The maximum absolute atomic E-state index is 12.5. The predicted octanol–water partition coefficient (Wildman–Crippen LogP) is 2.13. The van der Waals surface area contributed by atoms with Crippen LogP contribution in [0.1, 0.15) is 6.42 Å². The lowest BCUT2D eigenvalue weighted by Gasteiger charge is -2.22. The van der Waals surface area contributed by atoms with Gasteiger partial charge in [0.25, 0.3) is 5.91 Å². The highest BCUT2D eigenvalue weighted by molar-refractivity contribution is 9.09. The molecule has 2 nitrogen and oxygen atoms in total. The highest BCUT2D eigenvalue weighted by atomic mass is 79.9. The summed E-state index contributed by atoms with van der Waals surface area (Å²) in [5, 5.41) is 0.519. The number of rotatable bonds is 5. The lowest BCUT2D eigenvalue weighted by Crippen LogP contribution is -2.46. The van der Waals surface area contributed by atoms with Crippen molar-refractivity contribution in [2.45, 2.75) is 18.8 Å². The summed E-state index contributed by atoms with van der Waals surface area (Å²) in [4.78, 5) is 11.4. The molecular weight excluding hydrogens is 270 g/mol. The van der Waals surface area contributed by atoms with Crippen molar-refractivity contribution in [2.75, 3.05) is 18.9 Å². The molecule has 0 aliphatic heterocycles. The predicted molar refractivity (Wildman–Crippen MR) is 47.0 cm³/mol. The van der Waals surface area contributed by atoms with Crippen molar-refractivity contribution in [3.63, 3.8) is 0 Å². The first-order valence-electron chi connectivity index (χ1n) is 3.81. The highest BCUT2D eigenvalue weighted by Gasteiger charge is 2.50. The minimum absolute atomic E-state index is 0.0202. The van der Waals surface area contributed by atoms with Crippen molar-refractivity contribution < 1.29 is 22.4 Å². The third-order valence-electron chi connectivity index (χ3n) is 1.53. The number of alkyl halides is 5. The number of hydrogen-bond acceptors (Lipinski definition) is 1. The van der Waals surface area contributed by atoms with Crippen molar-refractivity contribution in [3.8, 4) is 0 Å². The second-order valence-corrected chi connectivity index (χ2v) is 3.49. The van der Waals surface area contributed by atoms with E-state index in [1.54, 1.807) is 0 Å². The van der Waals surface area contributed by atoms with E-state index in [0.29, 0.717) is 16.7 Å². The number of nitrogens with zero attached hydrogens (tertiary/aromatic N) is 1. The van der Waals surface area contributed by atoms with E-state index in [0.717, 1.165) is 7.05 Å². The Kier molecular flexibility index (Phi) is 5.40. The van der Waals surface area contributed by atoms with E-state index in [-0.39, 0.29) is 6.54 Å². The zero-order chi connectivity index (χ0) is 11.4. The van der Waals surface area contributed by atoms with Gasteiger partial charge in [-0.15, -0.1) is 0 Å². The minimum atomic E-state index is -4.58. The summed E-state index contributed by atoms with van der Waals surface area (Å²) in [5.74, 6) is -6.42. The standard InChI is InChI=1S/C7H10BrF4NO/c1-13(4-2-3-8)6(14)7(11,12)5(9)10/h5H,2-4H2,1H3. The summed E-state index contributed by atoms with van der Waals surface area (Å²) < 4.78 is 48.4.